The largest absolute Gasteiger partial charge is 0.345 e. The minimum Gasteiger partial charge on any atom is -0.345 e. The maximum atomic E-state index is 14.0. The number of carbonyl (C=O) groups excluding carboxylic acids is 2. The molecule has 3 rings (SSSR count). The molecule has 1 atom stereocenters. The van der Waals surface area contributed by atoms with Crippen LogP contribution in [-0.4, -0.2) is 11.7 Å². The number of carbonyl (C=O) groups is 2. The molecule has 0 saturated heterocycles. The molecule has 0 aliphatic heterocycles. The molecule has 2 aromatic rings. The maximum Gasteiger partial charge on any atom is 0.252 e. The second-order valence-electron chi connectivity index (χ2n) is 9.86. The van der Waals surface area contributed by atoms with E-state index in [9.17, 15) is 14.0 Å². The number of allylic oxidation sites excluding steroid dienone is 1. The normalized spacial score (nSPS) is 15.1. The first-order chi connectivity index (χ1) is 16.8. The molecule has 0 spiro atoms. The molecule has 1 amide bonds. The molecule has 0 aromatic heterocycles. The molecular formula is C30H37ClFNO2. The van der Waals surface area contributed by atoms with Crippen molar-refractivity contribution in [3.05, 3.63) is 75.6 Å². The van der Waals surface area contributed by atoms with Crippen LogP contribution in [0.3, 0.4) is 0 Å². The van der Waals surface area contributed by atoms with Crippen LogP contribution in [0.15, 0.2) is 48.0 Å². The summed E-state index contributed by atoms with van der Waals surface area (Å²) in [5, 5.41) is 3.55. The lowest BCUT2D eigenvalue weighted by molar-refractivity contribution is -0.116. The van der Waals surface area contributed by atoms with E-state index in [0.29, 0.717) is 27.6 Å². The summed E-state index contributed by atoms with van der Waals surface area (Å²) in [5.41, 5.74) is 3.17. The van der Waals surface area contributed by atoms with Crippen LogP contribution in [0.5, 0.6) is 0 Å². The Morgan fingerprint density at radius 1 is 1.06 bits per heavy atom. The number of hydrogen-bond acceptors (Lipinski definition) is 2. The first kappa shape index (κ1) is 27.1. The summed E-state index contributed by atoms with van der Waals surface area (Å²) in [6.45, 7) is 7.83. The van der Waals surface area contributed by atoms with E-state index in [1.807, 2.05) is 19.1 Å². The van der Waals surface area contributed by atoms with E-state index in [2.05, 4.69) is 19.2 Å². The summed E-state index contributed by atoms with van der Waals surface area (Å²) in [5.74, 6) is 0.0218. The molecule has 0 unspecified atom stereocenters. The lowest BCUT2D eigenvalue weighted by Gasteiger charge is -2.24. The van der Waals surface area contributed by atoms with Crippen molar-refractivity contribution < 1.29 is 14.0 Å². The highest BCUT2D eigenvalue weighted by atomic mass is 35.5. The van der Waals surface area contributed by atoms with Crippen molar-refractivity contribution in [2.24, 2.45) is 11.8 Å². The molecule has 3 nitrogen and oxygen atoms in total. The van der Waals surface area contributed by atoms with Gasteiger partial charge in [-0.25, -0.2) is 4.39 Å². The molecule has 5 heteroatoms. The molecule has 35 heavy (non-hydrogen) atoms. The van der Waals surface area contributed by atoms with Gasteiger partial charge < -0.3 is 5.32 Å². The van der Waals surface area contributed by atoms with Gasteiger partial charge in [-0.1, -0.05) is 81.0 Å². The second-order valence-corrected chi connectivity index (χ2v) is 10.3. The van der Waals surface area contributed by atoms with E-state index in [-0.39, 0.29) is 29.5 Å². The molecule has 1 aliphatic carbocycles. The van der Waals surface area contributed by atoms with Gasteiger partial charge in [0.2, 0.25) is 0 Å². The van der Waals surface area contributed by atoms with Gasteiger partial charge in [0.15, 0.2) is 5.78 Å². The Balaban J connectivity index is 2.06. The van der Waals surface area contributed by atoms with Gasteiger partial charge in [-0.2, -0.15) is 0 Å². The van der Waals surface area contributed by atoms with E-state index in [4.69, 9.17) is 11.6 Å². The summed E-state index contributed by atoms with van der Waals surface area (Å²) in [6, 6.07) is 11.5. The Kier molecular flexibility index (Phi) is 9.68. The number of hydrogen-bond donors (Lipinski definition) is 1. The van der Waals surface area contributed by atoms with Gasteiger partial charge in [0.1, 0.15) is 5.82 Å². The van der Waals surface area contributed by atoms with Crippen LogP contribution < -0.4 is 5.32 Å². The van der Waals surface area contributed by atoms with E-state index in [1.54, 1.807) is 18.2 Å². The highest BCUT2D eigenvalue weighted by Crippen LogP contribution is 2.42. The SMILES string of the molecule is CCCC(CCC)C/C(C)=C(\C(=O)N[C@H](c1cccc(F)c1)C1CC1)c1cccc(Cl)c1C(C)=O. The standard InChI is InChI=1S/C30H37ClFNO2/c1-5-9-21(10-6-2)17-19(3)27(25-13-8-14-26(31)28(25)20(4)34)30(35)33-29(22-15-16-22)23-11-7-12-24(32)18-23/h7-8,11-14,18,21-22,29H,5-6,9-10,15-17H2,1-4H3,(H,33,35)/b27-19-/t29-/m0/s1. The highest BCUT2D eigenvalue weighted by Gasteiger charge is 2.35. The Morgan fingerprint density at radius 2 is 1.71 bits per heavy atom. The number of halogens is 2. The number of ketones is 1. The average Bonchev–Trinajstić information content (AvgIpc) is 3.63. The zero-order chi connectivity index (χ0) is 25.5. The summed E-state index contributed by atoms with van der Waals surface area (Å²) >= 11 is 6.45. The van der Waals surface area contributed by atoms with Crippen LogP contribution in [0, 0.1) is 17.7 Å². The first-order valence-electron chi connectivity index (χ1n) is 12.8. The summed E-state index contributed by atoms with van der Waals surface area (Å²) in [7, 11) is 0. The molecule has 188 valence electrons. The van der Waals surface area contributed by atoms with Gasteiger partial charge in [0.05, 0.1) is 11.1 Å². The van der Waals surface area contributed by atoms with Crippen molar-refractivity contribution in [1.82, 2.24) is 5.32 Å². The van der Waals surface area contributed by atoms with Crippen molar-refractivity contribution in [1.29, 1.82) is 0 Å². The van der Waals surface area contributed by atoms with Gasteiger partial charge in [-0.3, -0.25) is 9.59 Å². The van der Waals surface area contributed by atoms with Crippen LogP contribution in [0.4, 0.5) is 4.39 Å². The van der Waals surface area contributed by atoms with Crippen molar-refractivity contribution in [2.75, 3.05) is 0 Å². The highest BCUT2D eigenvalue weighted by molar-refractivity contribution is 6.35. The van der Waals surface area contributed by atoms with Gasteiger partial charge in [0.25, 0.3) is 5.91 Å². The van der Waals surface area contributed by atoms with Gasteiger partial charge in [-0.05, 0) is 74.3 Å². The van der Waals surface area contributed by atoms with E-state index < -0.39 is 0 Å². The average molecular weight is 498 g/mol. The Hall–Kier alpha value is -2.46. The smallest absolute Gasteiger partial charge is 0.252 e. The van der Waals surface area contributed by atoms with Crippen LogP contribution in [0.25, 0.3) is 5.57 Å². The zero-order valence-corrected chi connectivity index (χ0v) is 22.1. The fourth-order valence-electron chi connectivity index (χ4n) is 5.15. The Bertz CT molecular complexity index is 1080. The summed E-state index contributed by atoms with van der Waals surface area (Å²) < 4.78 is 14.0. The van der Waals surface area contributed by atoms with Crippen molar-refractivity contribution >= 4 is 28.9 Å². The maximum absolute atomic E-state index is 14.0. The lowest BCUT2D eigenvalue weighted by Crippen LogP contribution is -2.31. The van der Waals surface area contributed by atoms with Crippen molar-refractivity contribution in [3.8, 4) is 0 Å². The topological polar surface area (TPSA) is 46.2 Å². The predicted molar refractivity (Wildman–Crippen MR) is 142 cm³/mol. The van der Waals surface area contributed by atoms with E-state index in [1.165, 1.54) is 19.1 Å². The molecule has 1 fully saturated rings. The van der Waals surface area contributed by atoms with E-state index in [0.717, 1.165) is 56.1 Å². The number of benzene rings is 2. The van der Waals surface area contributed by atoms with E-state index >= 15 is 0 Å². The number of Topliss-reactive ketones (excluding diaryl/α,β-unsaturated/α-hetero) is 1. The monoisotopic (exact) mass is 497 g/mol. The number of amides is 1. The lowest BCUT2D eigenvalue weighted by atomic mass is 9.86. The Labute approximate surface area is 214 Å². The molecule has 1 saturated carbocycles. The molecule has 0 heterocycles. The third-order valence-corrected chi connectivity index (χ3v) is 7.18. The molecular weight excluding hydrogens is 461 g/mol. The Morgan fingerprint density at radius 3 is 2.29 bits per heavy atom. The number of rotatable bonds is 12. The van der Waals surface area contributed by atoms with Crippen LogP contribution in [0.2, 0.25) is 5.02 Å². The predicted octanol–water partition coefficient (Wildman–Crippen LogP) is 8.33. The first-order valence-corrected chi connectivity index (χ1v) is 13.2. The van der Waals surface area contributed by atoms with Gasteiger partial charge in [-0.15, -0.1) is 0 Å². The zero-order valence-electron chi connectivity index (χ0n) is 21.3. The fraction of sp³-hybridized carbons (Fsp3) is 0.467. The van der Waals surface area contributed by atoms with Crippen molar-refractivity contribution in [3.63, 3.8) is 0 Å². The summed E-state index contributed by atoms with van der Waals surface area (Å²) in [6.07, 6.45) is 7.10. The van der Waals surface area contributed by atoms with Crippen molar-refractivity contribution in [2.45, 2.75) is 78.7 Å². The van der Waals surface area contributed by atoms with Gasteiger partial charge >= 0.3 is 0 Å². The quantitative estimate of drug-likeness (QED) is 0.236. The van der Waals surface area contributed by atoms with Crippen LogP contribution in [-0.2, 0) is 4.79 Å². The molecule has 0 bridgehead atoms. The molecule has 1 N–H and O–H groups in total. The fourth-order valence-corrected chi connectivity index (χ4v) is 5.46. The van der Waals surface area contributed by atoms with Crippen LogP contribution >= 0.6 is 11.6 Å². The third-order valence-electron chi connectivity index (χ3n) is 6.87. The van der Waals surface area contributed by atoms with Crippen LogP contribution in [0.1, 0.15) is 100 Å². The third kappa shape index (κ3) is 7.04. The second kappa shape index (κ2) is 12.5. The molecule has 2 aromatic carbocycles. The minimum atomic E-state index is -0.315. The molecule has 1 aliphatic rings. The van der Waals surface area contributed by atoms with Gasteiger partial charge in [0, 0.05) is 11.1 Å². The summed E-state index contributed by atoms with van der Waals surface area (Å²) in [4.78, 5) is 26.5. The number of nitrogens with one attached hydrogen (secondary N) is 1. The minimum absolute atomic E-state index is 0.175. The molecule has 0 radical (unpaired) electrons.